The Labute approximate surface area is 80.7 Å². The van der Waals surface area contributed by atoms with Crippen molar-refractivity contribution in [3.8, 4) is 0 Å². The fourth-order valence-corrected chi connectivity index (χ4v) is 1.49. The molecule has 14 heavy (non-hydrogen) atoms. The van der Waals surface area contributed by atoms with Crippen molar-refractivity contribution in [1.82, 2.24) is 4.98 Å². The molecule has 0 atom stereocenters. The second-order valence-corrected chi connectivity index (χ2v) is 3.14. The van der Waals surface area contributed by atoms with Crippen LogP contribution in [0.15, 0.2) is 16.5 Å². The predicted octanol–water partition coefficient (Wildman–Crippen LogP) is 2.44. The molecule has 0 radical (unpaired) electrons. The zero-order chi connectivity index (χ0) is 10.1. The standard InChI is InChI=1S/C10H11FN2O/c1-2-6-3-7(5-11)9-8(4-6)13-10(12)14-9/h3-4H,2,5H2,1H3,(H2,12,13). The molecule has 74 valence electrons. The van der Waals surface area contributed by atoms with E-state index < -0.39 is 6.67 Å². The quantitative estimate of drug-likeness (QED) is 0.798. The number of nitrogens with zero attached hydrogens (tertiary/aromatic N) is 1. The summed E-state index contributed by atoms with van der Waals surface area (Å²) in [6.07, 6.45) is 0.843. The van der Waals surface area contributed by atoms with E-state index in [1.165, 1.54) is 0 Å². The summed E-state index contributed by atoms with van der Waals surface area (Å²) in [6, 6.07) is 3.74. The van der Waals surface area contributed by atoms with Crippen molar-refractivity contribution in [3.63, 3.8) is 0 Å². The Bertz CT molecular complexity index is 464. The third-order valence-electron chi connectivity index (χ3n) is 2.20. The number of fused-ring (bicyclic) bond motifs is 1. The Hall–Kier alpha value is -1.58. The van der Waals surface area contributed by atoms with Crippen molar-refractivity contribution >= 4 is 17.1 Å². The topological polar surface area (TPSA) is 52.0 Å². The van der Waals surface area contributed by atoms with Gasteiger partial charge in [0, 0.05) is 5.56 Å². The van der Waals surface area contributed by atoms with E-state index in [1.54, 1.807) is 6.07 Å². The van der Waals surface area contributed by atoms with E-state index in [9.17, 15) is 4.39 Å². The molecule has 1 aromatic heterocycles. The highest BCUT2D eigenvalue weighted by molar-refractivity contribution is 5.78. The molecule has 0 amide bonds. The number of aryl methyl sites for hydroxylation is 1. The molecule has 0 fully saturated rings. The largest absolute Gasteiger partial charge is 0.423 e. The van der Waals surface area contributed by atoms with Crippen LogP contribution in [0.3, 0.4) is 0 Å². The fraction of sp³-hybridized carbons (Fsp3) is 0.300. The first-order chi connectivity index (χ1) is 6.74. The van der Waals surface area contributed by atoms with Crippen LogP contribution in [-0.4, -0.2) is 4.98 Å². The molecule has 0 saturated heterocycles. The van der Waals surface area contributed by atoms with Gasteiger partial charge in [-0.3, -0.25) is 0 Å². The third kappa shape index (κ3) is 1.32. The number of oxazole rings is 1. The van der Waals surface area contributed by atoms with Gasteiger partial charge >= 0.3 is 0 Å². The first kappa shape index (κ1) is 8.99. The van der Waals surface area contributed by atoms with Gasteiger partial charge in [-0.1, -0.05) is 6.92 Å². The minimum absolute atomic E-state index is 0.0861. The van der Waals surface area contributed by atoms with Gasteiger partial charge in [0.05, 0.1) is 0 Å². The first-order valence-corrected chi connectivity index (χ1v) is 4.48. The molecule has 4 heteroatoms. The average molecular weight is 194 g/mol. The lowest BCUT2D eigenvalue weighted by Gasteiger charge is -1.99. The lowest BCUT2D eigenvalue weighted by molar-refractivity contribution is 0.481. The van der Waals surface area contributed by atoms with E-state index >= 15 is 0 Å². The van der Waals surface area contributed by atoms with Gasteiger partial charge in [-0.15, -0.1) is 0 Å². The van der Waals surface area contributed by atoms with Crippen molar-refractivity contribution < 1.29 is 8.81 Å². The van der Waals surface area contributed by atoms with Crippen LogP contribution in [-0.2, 0) is 13.1 Å². The lowest BCUT2D eigenvalue weighted by Crippen LogP contribution is -1.86. The molecule has 1 aromatic carbocycles. The smallest absolute Gasteiger partial charge is 0.292 e. The van der Waals surface area contributed by atoms with Gasteiger partial charge < -0.3 is 10.2 Å². The summed E-state index contributed by atoms with van der Waals surface area (Å²) in [6.45, 7) is 1.45. The van der Waals surface area contributed by atoms with Gasteiger partial charge in [0.1, 0.15) is 12.2 Å². The molecule has 1 heterocycles. The summed E-state index contributed by atoms with van der Waals surface area (Å²) in [4.78, 5) is 3.97. The molecule has 0 aliphatic heterocycles. The Morgan fingerprint density at radius 1 is 1.50 bits per heavy atom. The van der Waals surface area contributed by atoms with Crippen LogP contribution >= 0.6 is 0 Å². The van der Waals surface area contributed by atoms with E-state index in [-0.39, 0.29) is 6.01 Å². The minimum Gasteiger partial charge on any atom is -0.423 e. The second-order valence-electron chi connectivity index (χ2n) is 3.14. The maximum absolute atomic E-state index is 12.7. The number of benzene rings is 1. The van der Waals surface area contributed by atoms with Crippen molar-refractivity contribution in [2.45, 2.75) is 20.0 Å². The molecular weight excluding hydrogens is 183 g/mol. The number of halogens is 1. The minimum atomic E-state index is -0.557. The summed E-state index contributed by atoms with van der Waals surface area (Å²) in [5.74, 6) is 0. The zero-order valence-electron chi connectivity index (χ0n) is 7.88. The van der Waals surface area contributed by atoms with E-state index in [0.29, 0.717) is 16.7 Å². The van der Waals surface area contributed by atoms with Crippen LogP contribution in [0.4, 0.5) is 10.4 Å². The SMILES string of the molecule is CCc1cc(CF)c2oc(N)nc2c1. The number of aromatic nitrogens is 1. The molecule has 2 N–H and O–H groups in total. The lowest BCUT2D eigenvalue weighted by atomic mass is 10.1. The average Bonchev–Trinajstić information content (AvgIpc) is 2.56. The Balaban J connectivity index is 2.72. The Morgan fingerprint density at radius 3 is 2.93 bits per heavy atom. The second kappa shape index (κ2) is 3.29. The maximum Gasteiger partial charge on any atom is 0.292 e. The molecule has 2 rings (SSSR count). The molecule has 0 spiro atoms. The molecule has 2 aromatic rings. The number of nitrogen functional groups attached to an aromatic ring is 1. The molecule has 0 saturated carbocycles. The predicted molar refractivity (Wildman–Crippen MR) is 52.6 cm³/mol. The van der Waals surface area contributed by atoms with Crippen LogP contribution in [0.5, 0.6) is 0 Å². The van der Waals surface area contributed by atoms with Crippen LogP contribution in [0.2, 0.25) is 0 Å². The number of hydrogen-bond acceptors (Lipinski definition) is 3. The monoisotopic (exact) mass is 194 g/mol. The Morgan fingerprint density at radius 2 is 2.29 bits per heavy atom. The van der Waals surface area contributed by atoms with Gasteiger partial charge in [0.2, 0.25) is 0 Å². The highest BCUT2D eigenvalue weighted by atomic mass is 19.1. The normalized spacial score (nSPS) is 11.0. The molecule has 0 aliphatic carbocycles. The molecule has 0 unspecified atom stereocenters. The molecule has 0 aliphatic rings. The maximum atomic E-state index is 12.7. The van der Waals surface area contributed by atoms with E-state index in [4.69, 9.17) is 10.2 Å². The Kier molecular flexibility index (Phi) is 2.11. The highest BCUT2D eigenvalue weighted by Crippen LogP contribution is 2.24. The number of alkyl halides is 1. The number of nitrogens with two attached hydrogens (primary N) is 1. The highest BCUT2D eigenvalue weighted by Gasteiger charge is 2.09. The first-order valence-electron chi connectivity index (χ1n) is 4.48. The number of rotatable bonds is 2. The number of anilines is 1. The summed E-state index contributed by atoms with van der Waals surface area (Å²) < 4.78 is 17.8. The van der Waals surface area contributed by atoms with E-state index in [2.05, 4.69) is 4.98 Å². The van der Waals surface area contributed by atoms with Crippen molar-refractivity contribution in [2.75, 3.05) is 5.73 Å². The third-order valence-corrected chi connectivity index (χ3v) is 2.20. The van der Waals surface area contributed by atoms with Crippen LogP contribution in [0.1, 0.15) is 18.1 Å². The summed E-state index contributed by atoms with van der Waals surface area (Å²) in [7, 11) is 0. The van der Waals surface area contributed by atoms with Crippen LogP contribution in [0, 0.1) is 0 Å². The van der Waals surface area contributed by atoms with Crippen molar-refractivity contribution in [2.24, 2.45) is 0 Å². The molecular formula is C10H11FN2O. The van der Waals surface area contributed by atoms with Crippen molar-refractivity contribution in [3.05, 3.63) is 23.3 Å². The van der Waals surface area contributed by atoms with Gasteiger partial charge in [0.25, 0.3) is 6.01 Å². The summed E-state index contributed by atoms with van der Waals surface area (Å²) >= 11 is 0. The fourth-order valence-electron chi connectivity index (χ4n) is 1.49. The van der Waals surface area contributed by atoms with Crippen molar-refractivity contribution in [1.29, 1.82) is 0 Å². The summed E-state index contributed by atoms with van der Waals surface area (Å²) in [5.41, 5.74) is 8.06. The van der Waals surface area contributed by atoms with Gasteiger partial charge in [-0.05, 0) is 24.1 Å². The van der Waals surface area contributed by atoms with Gasteiger partial charge in [-0.25, -0.2) is 4.39 Å². The number of hydrogen-bond donors (Lipinski definition) is 1. The van der Waals surface area contributed by atoms with Gasteiger partial charge in [-0.2, -0.15) is 4.98 Å². The van der Waals surface area contributed by atoms with E-state index in [1.807, 2.05) is 13.0 Å². The van der Waals surface area contributed by atoms with Crippen LogP contribution < -0.4 is 5.73 Å². The molecule has 0 bridgehead atoms. The summed E-state index contributed by atoms with van der Waals surface area (Å²) in [5, 5.41) is 0. The van der Waals surface area contributed by atoms with Gasteiger partial charge in [0.15, 0.2) is 5.58 Å². The zero-order valence-corrected chi connectivity index (χ0v) is 7.88. The van der Waals surface area contributed by atoms with E-state index in [0.717, 1.165) is 12.0 Å². The molecule has 3 nitrogen and oxygen atoms in total. The van der Waals surface area contributed by atoms with Crippen LogP contribution in [0.25, 0.3) is 11.1 Å².